The molecule has 1 N–H and O–H groups in total. The molecule has 2 aromatic rings. The van der Waals surface area contributed by atoms with Gasteiger partial charge in [0.15, 0.2) is 0 Å². The van der Waals surface area contributed by atoms with E-state index in [1.807, 2.05) is 0 Å². The van der Waals surface area contributed by atoms with E-state index in [0.717, 1.165) is 29.8 Å². The summed E-state index contributed by atoms with van der Waals surface area (Å²) in [7, 11) is 0. The summed E-state index contributed by atoms with van der Waals surface area (Å²) in [4.78, 5) is 5.77. The van der Waals surface area contributed by atoms with Crippen LogP contribution in [-0.2, 0) is 12.8 Å². The summed E-state index contributed by atoms with van der Waals surface area (Å²) in [5.41, 5.74) is 2.65. The van der Waals surface area contributed by atoms with Crippen LogP contribution < -0.4 is 0 Å². The van der Waals surface area contributed by atoms with Crippen molar-refractivity contribution in [2.45, 2.75) is 25.7 Å². The minimum Gasteiger partial charge on any atom is -0.505 e. The fraction of sp³-hybridized carbons (Fsp3) is 0.250. The molecule has 3 rings (SSSR count). The van der Waals surface area contributed by atoms with Crippen LogP contribution in [0.3, 0.4) is 0 Å². The number of aryl methyl sites for hydroxylation is 1. The first-order valence-corrected chi connectivity index (χ1v) is 8.85. The lowest BCUT2D eigenvalue weighted by molar-refractivity contribution is 0.472. The van der Waals surface area contributed by atoms with Crippen molar-refractivity contribution in [3.63, 3.8) is 0 Å². The molecule has 0 spiro atoms. The quantitative estimate of drug-likeness (QED) is 0.695. The second-order valence-electron chi connectivity index (χ2n) is 5.09. The Bertz CT molecular complexity index is 784. The number of nitrogens with zero attached hydrogens (tertiary/aromatic N) is 2. The zero-order chi connectivity index (χ0) is 15.7. The number of fused-ring (bicyclic) bond motifs is 1. The van der Waals surface area contributed by atoms with E-state index in [0.29, 0.717) is 10.0 Å². The van der Waals surface area contributed by atoms with Gasteiger partial charge in [0.05, 0.1) is 15.1 Å². The Morgan fingerprint density at radius 1 is 1.36 bits per heavy atom. The van der Waals surface area contributed by atoms with Crippen LogP contribution in [0.25, 0.3) is 0 Å². The average Bonchev–Trinajstić information content (AvgIpc) is 2.87. The lowest BCUT2D eigenvalue weighted by atomic mass is 9.96. The van der Waals surface area contributed by atoms with Gasteiger partial charge in [0.2, 0.25) is 0 Å². The molecule has 22 heavy (non-hydrogen) atoms. The van der Waals surface area contributed by atoms with Crippen molar-refractivity contribution in [2.24, 2.45) is 4.99 Å². The van der Waals surface area contributed by atoms with Crippen molar-refractivity contribution in [1.29, 1.82) is 5.26 Å². The van der Waals surface area contributed by atoms with Crippen molar-refractivity contribution in [1.82, 2.24) is 0 Å². The van der Waals surface area contributed by atoms with E-state index in [2.05, 4.69) is 27.0 Å². The van der Waals surface area contributed by atoms with Crippen LogP contribution in [0, 0.1) is 11.3 Å². The first-order valence-electron chi connectivity index (χ1n) is 6.87. The highest BCUT2D eigenvalue weighted by atomic mass is 79.9. The molecule has 0 saturated carbocycles. The summed E-state index contributed by atoms with van der Waals surface area (Å²) in [6.07, 6.45) is 6.01. The van der Waals surface area contributed by atoms with Crippen LogP contribution in [0.1, 0.15) is 34.4 Å². The lowest BCUT2D eigenvalue weighted by Crippen LogP contribution is -1.99. The van der Waals surface area contributed by atoms with Crippen LogP contribution in [0.2, 0.25) is 5.02 Å². The topological polar surface area (TPSA) is 56.4 Å². The molecule has 0 aliphatic heterocycles. The van der Waals surface area contributed by atoms with Crippen LogP contribution in [0.15, 0.2) is 21.6 Å². The molecule has 1 aromatic carbocycles. The van der Waals surface area contributed by atoms with Gasteiger partial charge in [-0.25, -0.2) is 4.99 Å². The van der Waals surface area contributed by atoms with Crippen molar-refractivity contribution >= 4 is 50.1 Å². The average molecular weight is 396 g/mol. The van der Waals surface area contributed by atoms with Gasteiger partial charge in [0, 0.05) is 11.1 Å². The third-order valence-electron chi connectivity index (χ3n) is 3.63. The highest BCUT2D eigenvalue weighted by Crippen LogP contribution is 2.39. The lowest BCUT2D eigenvalue weighted by Gasteiger charge is -2.09. The second kappa shape index (κ2) is 6.41. The largest absolute Gasteiger partial charge is 0.505 e. The standard InChI is InChI=1S/C16H12BrClN2OS/c17-12-5-9(6-13(18)15(12)21)8-20-16-11(7-19)10-3-1-2-4-14(10)22-16/h5-6,8,21H,1-4H2. The Kier molecular flexibility index (Phi) is 4.53. The number of aliphatic imine (C=N–C) groups is 1. The number of thiophene rings is 1. The number of nitriles is 1. The van der Waals surface area contributed by atoms with Crippen LogP contribution in [0.5, 0.6) is 5.75 Å². The molecule has 112 valence electrons. The maximum Gasteiger partial charge on any atom is 0.148 e. The van der Waals surface area contributed by atoms with Crippen LogP contribution in [0.4, 0.5) is 5.00 Å². The summed E-state index contributed by atoms with van der Waals surface area (Å²) >= 11 is 10.8. The van der Waals surface area contributed by atoms with E-state index < -0.39 is 0 Å². The number of hydrogen-bond donors (Lipinski definition) is 1. The van der Waals surface area contributed by atoms with E-state index in [-0.39, 0.29) is 10.8 Å². The van der Waals surface area contributed by atoms with Gasteiger partial charge in [-0.2, -0.15) is 5.26 Å². The van der Waals surface area contributed by atoms with Crippen molar-refractivity contribution in [3.05, 3.63) is 43.2 Å². The Morgan fingerprint density at radius 2 is 2.14 bits per heavy atom. The van der Waals surface area contributed by atoms with E-state index in [4.69, 9.17) is 11.6 Å². The maximum absolute atomic E-state index is 9.64. The molecule has 1 aromatic heterocycles. The summed E-state index contributed by atoms with van der Waals surface area (Å²) in [6.45, 7) is 0. The number of halogens is 2. The third-order valence-corrected chi connectivity index (χ3v) is 5.73. The molecule has 0 unspecified atom stereocenters. The van der Waals surface area contributed by atoms with Gasteiger partial charge < -0.3 is 5.11 Å². The zero-order valence-corrected chi connectivity index (χ0v) is 14.7. The normalized spacial score (nSPS) is 14.0. The summed E-state index contributed by atoms with van der Waals surface area (Å²) in [6, 6.07) is 5.68. The highest BCUT2D eigenvalue weighted by molar-refractivity contribution is 9.10. The van der Waals surface area contributed by atoms with Gasteiger partial charge in [-0.1, -0.05) is 11.6 Å². The minimum atomic E-state index is 0.0168. The van der Waals surface area contributed by atoms with E-state index in [9.17, 15) is 10.4 Å². The molecule has 0 radical (unpaired) electrons. The van der Waals surface area contributed by atoms with Gasteiger partial charge >= 0.3 is 0 Å². The molecule has 0 bridgehead atoms. The predicted molar refractivity (Wildman–Crippen MR) is 93.7 cm³/mol. The SMILES string of the molecule is N#Cc1c(N=Cc2cc(Cl)c(O)c(Br)c2)sc2c1CCCC2. The maximum atomic E-state index is 9.64. The molecule has 3 nitrogen and oxygen atoms in total. The summed E-state index contributed by atoms with van der Waals surface area (Å²) < 4.78 is 0.521. The highest BCUT2D eigenvalue weighted by Gasteiger charge is 2.20. The van der Waals surface area contributed by atoms with Gasteiger partial charge in [-0.3, -0.25) is 0 Å². The molecule has 0 amide bonds. The fourth-order valence-electron chi connectivity index (χ4n) is 2.55. The number of benzene rings is 1. The monoisotopic (exact) mass is 394 g/mol. The van der Waals surface area contributed by atoms with Crippen molar-refractivity contribution in [3.8, 4) is 11.8 Å². The first-order chi connectivity index (χ1) is 10.6. The Morgan fingerprint density at radius 3 is 2.86 bits per heavy atom. The van der Waals surface area contributed by atoms with Gasteiger partial charge in [0.25, 0.3) is 0 Å². The van der Waals surface area contributed by atoms with Gasteiger partial charge in [-0.15, -0.1) is 11.3 Å². The van der Waals surface area contributed by atoms with Crippen LogP contribution >= 0.6 is 38.9 Å². The molecule has 1 aliphatic carbocycles. The molecule has 6 heteroatoms. The third kappa shape index (κ3) is 2.91. The number of phenols is 1. The number of aromatic hydroxyl groups is 1. The smallest absolute Gasteiger partial charge is 0.148 e. The molecule has 0 atom stereocenters. The second-order valence-corrected chi connectivity index (χ2v) is 7.44. The Labute approximate surface area is 146 Å². The van der Waals surface area contributed by atoms with E-state index in [1.54, 1.807) is 29.7 Å². The van der Waals surface area contributed by atoms with E-state index in [1.165, 1.54) is 16.9 Å². The Hall–Kier alpha value is -1.35. The molecule has 0 saturated heterocycles. The number of phenolic OH excluding ortho intramolecular Hbond substituents is 1. The molecule has 1 heterocycles. The van der Waals surface area contributed by atoms with Crippen LogP contribution in [-0.4, -0.2) is 11.3 Å². The minimum absolute atomic E-state index is 0.0168. The first kappa shape index (κ1) is 15.5. The summed E-state index contributed by atoms with van der Waals surface area (Å²) in [5, 5.41) is 20.1. The molecule has 0 fully saturated rings. The van der Waals surface area contributed by atoms with Gasteiger partial charge in [-0.05, 0) is 64.9 Å². The molecular weight excluding hydrogens is 384 g/mol. The van der Waals surface area contributed by atoms with E-state index >= 15 is 0 Å². The van der Waals surface area contributed by atoms with Gasteiger partial charge in [0.1, 0.15) is 16.8 Å². The summed E-state index contributed by atoms with van der Waals surface area (Å²) in [5.74, 6) is 0.0168. The number of hydrogen-bond acceptors (Lipinski definition) is 4. The molecule has 1 aliphatic rings. The van der Waals surface area contributed by atoms with Crippen molar-refractivity contribution < 1.29 is 5.11 Å². The van der Waals surface area contributed by atoms with Crippen molar-refractivity contribution in [2.75, 3.05) is 0 Å². The Balaban J connectivity index is 1.97. The predicted octanol–water partition coefficient (Wildman–Crippen LogP) is 5.37. The fourth-order valence-corrected chi connectivity index (χ4v) is 4.55. The molecular formula is C16H12BrClN2OS. The zero-order valence-electron chi connectivity index (χ0n) is 11.6. The number of rotatable bonds is 2.